The van der Waals surface area contributed by atoms with Crippen molar-refractivity contribution < 1.29 is 9.50 Å². The maximum Gasteiger partial charge on any atom is 0.165 e. The molecule has 1 aliphatic heterocycles. The van der Waals surface area contributed by atoms with Crippen molar-refractivity contribution in [2.45, 2.75) is 25.3 Å². The molecule has 1 aromatic rings. The van der Waals surface area contributed by atoms with E-state index >= 15 is 0 Å². The molecule has 2 fully saturated rings. The summed E-state index contributed by atoms with van der Waals surface area (Å²) in [6.45, 7) is 4.04. The third-order valence-corrected chi connectivity index (χ3v) is 4.45. The van der Waals surface area contributed by atoms with Crippen LogP contribution in [0.4, 0.5) is 4.39 Å². The third kappa shape index (κ3) is 2.60. The number of nitrogens with one attached hydrogen (secondary N) is 1. The normalized spacial score (nSPS) is 23.0. The lowest BCUT2D eigenvalue weighted by molar-refractivity contribution is 0.0834. The highest BCUT2D eigenvalue weighted by molar-refractivity contribution is 5.30. The molecule has 2 N–H and O–H groups in total. The minimum absolute atomic E-state index is 0.253. The molecule has 1 heterocycles. The summed E-state index contributed by atoms with van der Waals surface area (Å²) in [6.07, 6.45) is 3.75. The lowest BCUT2D eigenvalue weighted by Crippen LogP contribution is -2.47. The van der Waals surface area contributed by atoms with Crippen molar-refractivity contribution in [2.24, 2.45) is 5.92 Å². The molecule has 104 valence electrons. The molecule has 0 spiro atoms. The Hall–Kier alpha value is -1.13. The summed E-state index contributed by atoms with van der Waals surface area (Å²) in [5.74, 6) is -0.115. The van der Waals surface area contributed by atoms with Gasteiger partial charge in [0, 0.05) is 32.2 Å². The van der Waals surface area contributed by atoms with Crippen LogP contribution in [0.2, 0.25) is 0 Å². The van der Waals surface area contributed by atoms with Crippen LogP contribution in [0.25, 0.3) is 0 Å². The zero-order valence-electron chi connectivity index (χ0n) is 11.1. The second-order valence-corrected chi connectivity index (χ2v) is 5.63. The van der Waals surface area contributed by atoms with Crippen LogP contribution in [-0.2, 0) is 0 Å². The van der Waals surface area contributed by atoms with Crippen LogP contribution < -0.4 is 5.32 Å². The molecule has 1 saturated heterocycles. The van der Waals surface area contributed by atoms with Gasteiger partial charge in [0.1, 0.15) is 0 Å². The first-order chi connectivity index (χ1) is 9.25. The number of benzene rings is 1. The Kier molecular flexibility index (Phi) is 3.71. The smallest absolute Gasteiger partial charge is 0.165 e. The Labute approximate surface area is 113 Å². The van der Waals surface area contributed by atoms with Crippen LogP contribution in [-0.4, -0.2) is 36.2 Å². The van der Waals surface area contributed by atoms with Crippen LogP contribution in [0.1, 0.15) is 30.9 Å². The quantitative estimate of drug-likeness (QED) is 0.879. The zero-order chi connectivity index (χ0) is 13.2. The van der Waals surface area contributed by atoms with Gasteiger partial charge in [-0.3, -0.25) is 4.90 Å². The predicted octanol–water partition coefficient (Wildman–Crippen LogP) is 2.28. The Balaban J connectivity index is 1.86. The fourth-order valence-corrected chi connectivity index (χ4v) is 3.20. The lowest BCUT2D eigenvalue weighted by Gasteiger charge is -2.43. The van der Waals surface area contributed by atoms with E-state index in [0.717, 1.165) is 31.7 Å². The summed E-state index contributed by atoms with van der Waals surface area (Å²) in [4.78, 5) is 2.46. The molecule has 1 aromatic carbocycles. The number of piperazine rings is 1. The molecule has 19 heavy (non-hydrogen) atoms. The summed E-state index contributed by atoms with van der Waals surface area (Å²) in [7, 11) is 0. The first kappa shape index (κ1) is 12.9. The van der Waals surface area contributed by atoms with Gasteiger partial charge in [0.25, 0.3) is 0 Å². The van der Waals surface area contributed by atoms with Crippen molar-refractivity contribution in [3.05, 3.63) is 29.6 Å². The maximum atomic E-state index is 13.6. The Bertz CT molecular complexity index is 442. The van der Waals surface area contributed by atoms with Gasteiger partial charge < -0.3 is 10.4 Å². The molecular formula is C15H21FN2O. The molecular weight excluding hydrogens is 243 g/mol. The Morgan fingerprint density at radius 2 is 2.00 bits per heavy atom. The van der Waals surface area contributed by atoms with E-state index in [1.165, 1.54) is 31.4 Å². The lowest BCUT2D eigenvalue weighted by atomic mass is 9.76. The minimum atomic E-state index is -0.503. The van der Waals surface area contributed by atoms with Gasteiger partial charge in [0.05, 0.1) is 0 Å². The van der Waals surface area contributed by atoms with Crippen molar-refractivity contribution in [2.75, 3.05) is 26.2 Å². The first-order valence-corrected chi connectivity index (χ1v) is 7.19. The first-order valence-electron chi connectivity index (χ1n) is 7.19. The summed E-state index contributed by atoms with van der Waals surface area (Å²) >= 11 is 0. The van der Waals surface area contributed by atoms with Gasteiger partial charge in [-0.15, -0.1) is 0 Å². The molecule has 0 amide bonds. The molecule has 2 aliphatic rings. The Morgan fingerprint density at radius 3 is 2.58 bits per heavy atom. The molecule has 0 bridgehead atoms. The maximum absolute atomic E-state index is 13.6. The fraction of sp³-hybridized carbons (Fsp3) is 0.600. The number of hydrogen-bond acceptors (Lipinski definition) is 3. The summed E-state index contributed by atoms with van der Waals surface area (Å²) in [6, 6.07) is 5.19. The van der Waals surface area contributed by atoms with E-state index in [4.69, 9.17) is 0 Å². The molecule has 1 saturated carbocycles. The van der Waals surface area contributed by atoms with E-state index < -0.39 is 5.82 Å². The Morgan fingerprint density at radius 1 is 1.26 bits per heavy atom. The second-order valence-electron chi connectivity index (χ2n) is 5.63. The standard InChI is InChI=1S/C15H21FN2O/c16-13-10-12(4-5-14(13)19)15(11-2-1-3-11)18-8-6-17-7-9-18/h4-5,10-11,15,17,19H,1-3,6-9H2/t15-/m0/s1. The van der Waals surface area contributed by atoms with Crippen LogP contribution >= 0.6 is 0 Å². The van der Waals surface area contributed by atoms with Gasteiger partial charge in [0.2, 0.25) is 0 Å². The molecule has 3 rings (SSSR count). The van der Waals surface area contributed by atoms with E-state index in [-0.39, 0.29) is 5.75 Å². The third-order valence-electron chi connectivity index (χ3n) is 4.45. The van der Waals surface area contributed by atoms with Crippen molar-refractivity contribution >= 4 is 0 Å². The predicted molar refractivity (Wildman–Crippen MR) is 72.6 cm³/mol. The molecule has 0 unspecified atom stereocenters. The molecule has 0 radical (unpaired) electrons. The van der Waals surface area contributed by atoms with Crippen molar-refractivity contribution in [1.29, 1.82) is 0 Å². The summed E-state index contributed by atoms with van der Waals surface area (Å²) in [5, 5.41) is 12.7. The van der Waals surface area contributed by atoms with Gasteiger partial charge in [0.15, 0.2) is 11.6 Å². The second kappa shape index (κ2) is 5.47. The highest BCUT2D eigenvalue weighted by atomic mass is 19.1. The average molecular weight is 264 g/mol. The van der Waals surface area contributed by atoms with Crippen LogP contribution in [0.3, 0.4) is 0 Å². The van der Waals surface area contributed by atoms with E-state index in [1.54, 1.807) is 0 Å². The van der Waals surface area contributed by atoms with Gasteiger partial charge >= 0.3 is 0 Å². The topological polar surface area (TPSA) is 35.5 Å². The number of halogens is 1. The fourth-order valence-electron chi connectivity index (χ4n) is 3.20. The summed E-state index contributed by atoms with van der Waals surface area (Å²) < 4.78 is 13.6. The van der Waals surface area contributed by atoms with E-state index in [1.807, 2.05) is 6.07 Å². The van der Waals surface area contributed by atoms with Crippen LogP contribution in [0, 0.1) is 11.7 Å². The number of rotatable bonds is 3. The SMILES string of the molecule is Oc1ccc([C@H](C2CCC2)N2CCNCC2)cc1F. The van der Waals surface area contributed by atoms with Gasteiger partial charge in [-0.2, -0.15) is 0 Å². The highest BCUT2D eigenvalue weighted by Gasteiger charge is 2.33. The molecule has 4 heteroatoms. The number of phenols is 1. The zero-order valence-corrected chi connectivity index (χ0v) is 11.1. The number of phenolic OH excluding ortho intramolecular Hbond substituents is 1. The molecule has 1 aliphatic carbocycles. The number of aromatic hydroxyl groups is 1. The van der Waals surface area contributed by atoms with Gasteiger partial charge in [-0.1, -0.05) is 12.5 Å². The average Bonchev–Trinajstić information content (AvgIpc) is 2.38. The molecule has 3 nitrogen and oxygen atoms in total. The van der Waals surface area contributed by atoms with Crippen molar-refractivity contribution in [1.82, 2.24) is 10.2 Å². The van der Waals surface area contributed by atoms with Crippen molar-refractivity contribution in [3.63, 3.8) is 0 Å². The van der Waals surface area contributed by atoms with Gasteiger partial charge in [-0.25, -0.2) is 4.39 Å². The van der Waals surface area contributed by atoms with E-state index in [0.29, 0.717) is 12.0 Å². The van der Waals surface area contributed by atoms with Crippen LogP contribution in [0.15, 0.2) is 18.2 Å². The van der Waals surface area contributed by atoms with E-state index in [2.05, 4.69) is 10.2 Å². The monoisotopic (exact) mass is 264 g/mol. The van der Waals surface area contributed by atoms with Gasteiger partial charge in [-0.05, 0) is 36.5 Å². The summed E-state index contributed by atoms with van der Waals surface area (Å²) in [5.41, 5.74) is 1.02. The minimum Gasteiger partial charge on any atom is -0.505 e. The highest BCUT2D eigenvalue weighted by Crippen LogP contribution is 2.42. The number of hydrogen-bond donors (Lipinski definition) is 2. The van der Waals surface area contributed by atoms with Crippen molar-refractivity contribution in [3.8, 4) is 5.75 Å². The molecule has 1 atom stereocenters. The molecule has 0 aromatic heterocycles. The number of nitrogens with zero attached hydrogens (tertiary/aromatic N) is 1. The largest absolute Gasteiger partial charge is 0.505 e. The van der Waals surface area contributed by atoms with E-state index in [9.17, 15) is 9.50 Å². The van der Waals surface area contributed by atoms with Crippen LogP contribution in [0.5, 0.6) is 5.75 Å².